The SMILES string of the molecule is COc1cc(OC)cc(C(=O)NC(C)Cc2ccoc2)c1. The number of methoxy groups -OCH3 is 2. The summed E-state index contributed by atoms with van der Waals surface area (Å²) in [5.74, 6) is 1.01. The monoisotopic (exact) mass is 289 g/mol. The highest BCUT2D eigenvalue weighted by molar-refractivity contribution is 5.95. The van der Waals surface area contributed by atoms with E-state index in [0.29, 0.717) is 23.5 Å². The van der Waals surface area contributed by atoms with Crippen LogP contribution in [0.2, 0.25) is 0 Å². The molecule has 0 aliphatic rings. The minimum Gasteiger partial charge on any atom is -0.497 e. The molecule has 1 amide bonds. The summed E-state index contributed by atoms with van der Waals surface area (Å²) < 4.78 is 15.4. The van der Waals surface area contributed by atoms with Gasteiger partial charge in [-0.3, -0.25) is 4.79 Å². The molecule has 5 heteroatoms. The van der Waals surface area contributed by atoms with E-state index >= 15 is 0 Å². The maximum absolute atomic E-state index is 12.3. The lowest BCUT2D eigenvalue weighted by molar-refractivity contribution is 0.0939. The van der Waals surface area contributed by atoms with E-state index in [0.717, 1.165) is 5.56 Å². The Morgan fingerprint density at radius 3 is 2.43 bits per heavy atom. The Balaban J connectivity index is 2.05. The minimum absolute atomic E-state index is 0.00713. The van der Waals surface area contributed by atoms with Crippen molar-refractivity contribution in [1.82, 2.24) is 5.32 Å². The quantitative estimate of drug-likeness (QED) is 0.888. The van der Waals surface area contributed by atoms with Crippen molar-refractivity contribution in [2.75, 3.05) is 14.2 Å². The van der Waals surface area contributed by atoms with Crippen molar-refractivity contribution in [3.8, 4) is 11.5 Å². The van der Waals surface area contributed by atoms with Gasteiger partial charge in [0.1, 0.15) is 11.5 Å². The van der Waals surface area contributed by atoms with E-state index in [9.17, 15) is 4.79 Å². The highest BCUT2D eigenvalue weighted by Crippen LogP contribution is 2.22. The Kier molecular flexibility index (Phi) is 4.87. The number of carbonyl (C=O) groups excluding carboxylic acids is 1. The van der Waals surface area contributed by atoms with E-state index in [1.165, 1.54) is 0 Å². The van der Waals surface area contributed by atoms with Crippen LogP contribution in [-0.2, 0) is 6.42 Å². The lowest BCUT2D eigenvalue weighted by atomic mass is 10.1. The first-order valence-corrected chi connectivity index (χ1v) is 6.67. The highest BCUT2D eigenvalue weighted by atomic mass is 16.5. The fraction of sp³-hybridized carbons (Fsp3) is 0.312. The Hall–Kier alpha value is -2.43. The maximum atomic E-state index is 12.3. The summed E-state index contributed by atoms with van der Waals surface area (Å²) in [4.78, 5) is 12.3. The molecule has 0 aliphatic heterocycles. The largest absolute Gasteiger partial charge is 0.497 e. The number of hydrogen-bond acceptors (Lipinski definition) is 4. The van der Waals surface area contributed by atoms with Crippen LogP contribution >= 0.6 is 0 Å². The number of benzene rings is 1. The van der Waals surface area contributed by atoms with E-state index in [2.05, 4.69) is 5.32 Å². The zero-order valence-corrected chi connectivity index (χ0v) is 12.4. The fourth-order valence-corrected chi connectivity index (χ4v) is 2.06. The molecule has 1 heterocycles. The molecule has 0 radical (unpaired) electrons. The van der Waals surface area contributed by atoms with Gasteiger partial charge < -0.3 is 19.2 Å². The zero-order chi connectivity index (χ0) is 15.2. The average molecular weight is 289 g/mol. The highest BCUT2D eigenvalue weighted by Gasteiger charge is 2.13. The summed E-state index contributed by atoms with van der Waals surface area (Å²) in [6, 6.07) is 6.97. The minimum atomic E-state index is -0.164. The smallest absolute Gasteiger partial charge is 0.251 e. The van der Waals surface area contributed by atoms with Gasteiger partial charge in [-0.15, -0.1) is 0 Å². The number of carbonyl (C=O) groups is 1. The molecule has 0 saturated carbocycles. The van der Waals surface area contributed by atoms with Crippen LogP contribution in [0, 0.1) is 0 Å². The predicted molar refractivity (Wildman–Crippen MR) is 78.9 cm³/mol. The van der Waals surface area contributed by atoms with E-state index in [1.54, 1.807) is 44.9 Å². The normalized spacial score (nSPS) is 11.8. The Morgan fingerprint density at radius 1 is 1.24 bits per heavy atom. The number of amides is 1. The van der Waals surface area contributed by atoms with E-state index < -0.39 is 0 Å². The van der Waals surface area contributed by atoms with Crippen molar-refractivity contribution >= 4 is 5.91 Å². The second-order valence-electron chi connectivity index (χ2n) is 4.81. The lowest BCUT2D eigenvalue weighted by Crippen LogP contribution is -2.34. The van der Waals surface area contributed by atoms with Crippen LogP contribution in [0.5, 0.6) is 11.5 Å². The van der Waals surface area contributed by atoms with Crippen LogP contribution in [0.1, 0.15) is 22.8 Å². The molecule has 1 atom stereocenters. The van der Waals surface area contributed by atoms with Crippen LogP contribution in [-0.4, -0.2) is 26.2 Å². The third kappa shape index (κ3) is 4.02. The number of nitrogens with one attached hydrogen (secondary N) is 1. The van der Waals surface area contributed by atoms with Crippen LogP contribution in [0.25, 0.3) is 0 Å². The van der Waals surface area contributed by atoms with Crippen molar-refractivity contribution in [2.45, 2.75) is 19.4 Å². The molecule has 2 aromatic rings. The van der Waals surface area contributed by atoms with Gasteiger partial charge in [0.2, 0.25) is 0 Å². The molecule has 0 spiro atoms. The molecular formula is C16H19NO4. The number of hydrogen-bond donors (Lipinski definition) is 1. The molecule has 1 aromatic carbocycles. The van der Waals surface area contributed by atoms with Crippen LogP contribution in [0.4, 0.5) is 0 Å². The average Bonchev–Trinajstić information content (AvgIpc) is 2.99. The summed E-state index contributed by atoms with van der Waals surface area (Å²) >= 11 is 0. The van der Waals surface area contributed by atoms with Crippen LogP contribution < -0.4 is 14.8 Å². The first kappa shape index (κ1) is 15.0. The topological polar surface area (TPSA) is 60.7 Å². The van der Waals surface area contributed by atoms with E-state index in [1.807, 2.05) is 13.0 Å². The first-order chi connectivity index (χ1) is 10.1. The van der Waals surface area contributed by atoms with Crippen LogP contribution in [0.3, 0.4) is 0 Å². The molecular weight excluding hydrogens is 270 g/mol. The Morgan fingerprint density at radius 2 is 1.90 bits per heavy atom. The third-order valence-corrected chi connectivity index (χ3v) is 3.11. The molecule has 0 saturated heterocycles. The van der Waals surface area contributed by atoms with Gasteiger partial charge in [-0.2, -0.15) is 0 Å². The second kappa shape index (κ2) is 6.83. The third-order valence-electron chi connectivity index (χ3n) is 3.11. The Labute approximate surface area is 123 Å². The van der Waals surface area contributed by atoms with Gasteiger partial charge in [-0.1, -0.05) is 0 Å². The summed E-state index contributed by atoms with van der Waals surface area (Å²) in [7, 11) is 3.11. The Bertz CT molecular complexity index is 570. The van der Waals surface area contributed by atoms with E-state index in [-0.39, 0.29) is 11.9 Å². The molecule has 1 aromatic heterocycles. The molecule has 0 bridgehead atoms. The molecule has 1 N–H and O–H groups in total. The summed E-state index contributed by atoms with van der Waals surface area (Å²) in [5, 5.41) is 2.95. The van der Waals surface area contributed by atoms with Gasteiger partial charge in [0, 0.05) is 17.7 Å². The van der Waals surface area contributed by atoms with Gasteiger partial charge >= 0.3 is 0 Å². The standard InChI is InChI=1S/C16H19NO4/c1-11(6-12-4-5-21-10-12)17-16(18)13-7-14(19-2)9-15(8-13)20-3/h4-5,7-11H,6H2,1-3H3,(H,17,18). The van der Waals surface area contributed by atoms with E-state index in [4.69, 9.17) is 13.9 Å². The maximum Gasteiger partial charge on any atom is 0.251 e. The second-order valence-corrected chi connectivity index (χ2v) is 4.81. The number of ether oxygens (including phenoxy) is 2. The summed E-state index contributed by atoms with van der Waals surface area (Å²) in [6.45, 7) is 1.95. The van der Waals surface area contributed by atoms with Gasteiger partial charge in [0.15, 0.2) is 0 Å². The van der Waals surface area contributed by atoms with Crippen molar-refractivity contribution in [1.29, 1.82) is 0 Å². The van der Waals surface area contributed by atoms with Crippen LogP contribution in [0.15, 0.2) is 41.2 Å². The zero-order valence-electron chi connectivity index (χ0n) is 12.4. The lowest BCUT2D eigenvalue weighted by Gasteiger charge is -2.14. The van der Waals surface area contributed by atoms with Gasteiger partial charge in [-0.05, 0) is 37.1 Å². The molecule has 5 nitrogen and oxygen atoms in total. The molecule has 0 fully saturated rings. The van der Waals surface area contributed by atoms with Gasteiger partial charge in [-0.25, -0.2) is 0 Å². The van der Waals surface area contributed by atoms with Crippen molar-refractivity contribution in [3.63, 3.8) is 0 Å². The molecule has 1 unspecified atom stereocenters. The van der Waals surface area contributed by atoms with Crippen molar-refractivity contribution < 1.29 is 18.7 Å². The van der Waals surface area contributed by atoms with Gasteiger partial charge in [0.05, 0.1) is 26.7 Å². The van der Waals surface area contributed by atoms with Crippen molar-refractivity contribution in [3.05, 3.63) is 47.9 Å². The first-order valence-electron chi connectivity index (χ1n) is 6.67. The number of rotatable bonds is 6. The molecule has 0 aliphatic carbocycles. The number of furan rings is 1. The molecule has 2 rings (SSSR count). The summed E-state index contributed by atoms with van der Waals surface area (Å²) in [5.41, 5.74) is 1.55. The van der Waals surface area contributed by atoms with Crippen molar-refractivity contribution in [2.24, 2.45) is 0 Å². The fourth-order valence-electron chi connectivity index (χ4n) is 2.06. The molecule has 112 valence electrons. The van der Waals surface area contributed by atoms with Gasteiger partial charge in [0.25, 0.3) is 5.91 Å². The molecule has 21 heavy (non-hydrogen) atoms. The summed E-state index contributed by atoms with van der Waals surface area (Å²) in [6.07, 6.45) is 4.01. The predicted octanol–water partition coefficient (Wildman–Crippen LogP) is 2.66.